The van der Waals surface area contributed by atoms with E-state index < -0.39 is 0 Å². The summed E-state index contributed by atoms with van der Waals surface area (Å²) in [7, 11) is 0. The molecule has 1 heterocycles. The molecule has 0 aromatic carbocycles. The van der Waals surface area contributed by atoms with Gasteiger partial charge in [-0.2, -0.15) is 0 Å². The van der Waals surface area contributed by atoms with E-state index in [-0.39, 0.29) is 5.54 Å². The smallest absolute Gasteiger partial charge is 0.0157 e. The lowest BCUT2D eigenvalue weighted by atomic mass is 9.89. The van der Waals surface area contributed by atoms with Gasteiger partial charge in [0, 0.05) is 11.6 Å². The lowest BCUT2D eigenvalue weighted by Gasteiger charge is -2.25. The number of fused-ring (bicyclic) bond motifs is 2. The summed E-state index contributed by atoms with van der Waals surface area (Å²) < 4.78 is 0. The monoisotopic (exact) mass is 238 g/mol. The first-order valence-electron chi connectivity index (χ1n) is 7.74. The molecule has 0 amide bonds. The van der Waals surface area contributed by atoms with Gasteiger partial charge in [0.15, 0.2) is 0 Å². The maximum Gasteiger partial charge on any atom is 0.0157 e. The molecule has 0 radical (unpaired) electrons. The number of nitrogens with one attached hydrogen (secondary N) is 1. The molecule has 3 unspecified atom stereocenters. The van der Waals surface area contributed by atoms with Gasteiger partial charge in [0.1, 0.15) is 0 Å². The fraction of sp³-hybridized carbons (Fsp3) is 1.00. The molecule has 3 atom stereocenters. The second kappa shape index (κ2) is 6.19. The van der Waals surface area contributed by atoms with Crippen LogP contribution in [0, 0.1) is 5.92 Å². The average Bonchev–Trinajstić information content (AvgIpc) is 2.64. The number of rotatable bonds is 2. The van der Waals surface area contributed by atoms with Gasteiger partial charge in [0.2, 0.25) is 0 Å². The van der Waals surface area contributed by atoms with Gasteiger partial charge in [-0.25, -0.2) is 0 Å². The summed E-state index contributed by atoms with van der Waals surface area (Å²) in [6.07, 6.45) is 13.2. The summed E-state index contributed by atoms with van der Waals surface area (Å²) in [5, 5.41) is 3.75. The molecule has 1 saturated carbocycles. The van der Waals surface area contributed by atoms with E-state index in [1.165, 1.54) is 70.8 Å². The fourth-order valence-electron chi connectivity index (χ4n) is 3.84. The van der Waals surface area contributed by atoms with E-state index in [2.05, 4.69) is 12.2 Å². The van der Waals surface area contributed by atoms with E-state index in [1.54, 1.807) is 0 Å². The molecule has 2 heteroatoms. The Morgan fingerprint density at radius 2 is 2.06 bits per heavy atom. The van der Waals surface area contributed by atoms with Crippen LogP contribution >= 0.6 is 0 Å². The minimum Gasteiger partial charge on any atom is -0.325 e. The SMILES string of the molecule is CCCC1CCCC2(N)CCC(CCCN1)C2. The van der Waals surface area contributed by atoms with Crippen LogP contribution in [0.1, 0.15) is 71.1 Å². The topological polar surface area (TPSA) is 38.0 Å². The molecule has 1 saturated heterocycles. The molecule has 1 aliphatic carbocycles. The Kier molecular flexibility index (Phi) is 4.87. The first-order chi connectivity index (χ1) is 8.22. The quantitative estimate of drug-likeness (QED) is 0.775. The lowest BCUT2D eigenvalue weighted by Crippen LogP contribution is -2.37. The normalized spacial score (nSPS) is 39.9. The minimum absolute atomic E-state index is 0.200. The Morgan fingerprint density at radius 3 is 2.88 bits per heavy atom. The molecule has 17 heavy (non-hydrogen) atoms. The largest absolute Gasteiger partial charge is 0.325 e. The maximum absolute atomic E-state index is 6.54. The second-order valence-electron chi connectivity index (χ2n) is 6.45. The number of nitrogens with two attached hydrogens (primary N) is 1. The number of hydrogen-bond acceptors (Lipinski definition) is 2. The molecule has 1 aliphatic heterocycles. The summed E-state index contributed by atoms with van der Waals surface area (Å²) in [5.41, 5.74) is 6.74. The summed E-state index contributed by atoms with van der Waals surface area (Å²) in [4.78, 5) is 0. The van der Waals surface area contributed by atoms with Crippen LogP contribution < -0.4 is 11.1 Å². The molecule has 3 N–H and O–H groups in total. The molecular formula is C15H30N2. The molecule has 0 aromatic rings. The van der Waals surface area contributed by atoms with E-state index in [0.29, 0.717) is 0 Å². The van der Waals surface area contributed by atoms with Crippen molar-refractivity contribution in [2.75, 3.05) is 6.54 Å². The highest BCUT2D eigenvalue weighted by molar-refractivity contribution is 4.93. The highest BCUT2D eigenvalue weighted by atomic mass is 14.9. The van der Waals surface area contributed by atoms with Crippen molar-refractivity contribution in [1.82, 2.24) is 5.32 Å². The van der Waals surface area contributed by atoms with Crippen molar-refractivity contribution < 1.29 is 0 Å². The van der Waals surface area contributed by atoms with Gasteiger partial charge < -0.3 is 11.1 Å². The van der Waals surface area contributed by atoms with Crippen LogP contribution in [-0.2, 0) is 0 Å². The van der Waals surface area contributed by atoms with Crippen LogP contribution in [0.25, 0.3) is 0 Å². The van der Waals surface area contributed by atoms with Gasteiger partial charge in [-0.3, -0.25) is 0 Å². The van der Waals surface area contributed by atoms with Crippen LogP contribution in [0.4, 0.5) is 0 Å². The fourth-order valence-corrected chi connectivity index (χ4v) is 3.84. The Hall–Kier alpha value is -0.0800. The molecule has 0 spiro atoms. The Balaban J connectivity index is 1.88. The molecule has 2 rings (SSSR count). The average molecular weight is 238 g/mol. The van der Waals surface area contributed by atoms with Gasteiger partial charge in [-0.15, -0.1) is 0 Å². The molecule has 2 fully saturated rings. The zero-order chi connectivity index (χ0) is 12.1. The summed E-state index contributed by atoms with van der Waals surface area (Å²) in [6.45, 7) is 3.51. The highest BCUT2D eigenvalue weighted by Gasteiger charge is 2.35. The molecule has 2 bridgehead atoms. The van der Waals surface area contributed by atoms with Crippen molar-refractivity contribution in [3.63, 3.8) is 0 Å². The van der Waals surface area contributed by atoms with Crippen molar-refractivity contribution in [3.05, 3.63) is 0 Å². The molecule has 2 nitrogen and oxygen atoms in total. The molecule has 0 aromatic heterocycles. The first kappa shape index (κ1) is 13.4. The minimum atomic E-state index is 0.200. The third-order valence-corrected chi connectivity index (χ3v) is 4.83. The van der Waals surface area contributed by atoms with E-state index in [9.17, 15) is 0 Å². The van der Waals surface area contributed by atoms with Gasteiger partial charge in [-0.05, 0) is 63.8 Å². The van der Waals surface area contributed by atoms with Crippen molar-refractivity contribution in [2.45, 2.75) is 82.7 Å². The maximum atomic E-state index is 6.54. The summed E-state index contributed by atoms with van der Waals surface area (Å²) in [5.74, 6) is 0.921. The molecule has 2 aliphatic rings. The summed E-state index contributed by atoms with van der Waals surface area (Å²) >= 11 is 0. The van der Waals surface area contributed by atoms with Gasteiger partial charge in [0.05, 0.1) is 0 Å². The van der Waals surface area contributed by atoms with Crippen molar-refractivity contribution >= 4 is 0 Å². The predicted octanol–water partition coefficient (Wildman–Crippen LogP) is 3.21. The predicted molar refractivity (Wildman–Crippen MR) is 74.0 cm³/mol. The zero-order valence-corrected chi connectivity index (χ0v) is 11.5. The van der Waals surface area contributed by atoms with E-state index in [1.807, 2.05) is 0 Å². The lowest BCUT2D eigenvalue weighted by molar-refractivity contribution is 0.356. The third kappa shape index (κ3) is 3.96. The Morgan fingerprint density at radius 1 is 1.18 bits per heavy atom. The second-order valence-corrected chi connectivity index (χ2v) is 6.45. The van der Waals surface area contributed by atoms with Crippen molar-refractivity contribution in [2.24, 2.45) is 11.7 Å². The third-order valence-electron chi connectivity index (χ3n) is 4.83. The van der Waals surface area contributed by atoms with Crippen LogP contribution in [0.2, 0.25) is 0 Å². The standard InChI is InChI=1S/C15H30N2/c1-2-5-14-7-3-9-15(16)10-8-13(12-15)6-4-11-17-14/h13-14,17H,2-12,16H2,1H3. The zero-order valence-electron chi connectivity index (χ0n) is 11.5. The van der Waals surface area contributed by atoms with Crippen LogP contribution in [0.3, 0.4) is 0 Å². The Labute approximate surface area is 107 Å². The van der Waals surface area contributed by atoms with Crippen LogP contribution in [-0.4, -0.2) is 18.1 Å². The van der Waals surface area contributed by atoms with Gasteiger partial charge in [0.25, 0.3) is 0 Å². The Bertz CT molecular complexity index is 229. The van der Waals surface area contributed by atoms with E-state index in [0.717, 1.165) is 12.0 Å². The first-order valence-corrected chi connectivity index (χ1v) is 7.74. The molecular weight excluding hydrogens is 208 g/mol. The van der Waals surface area contributed by atoms with Crippen molar-refractivity contribution in [3.8, 4) is 0 Å². The van der Waals surface area contributed by atoms with Gasteiger partial charge in [-0.1, -0.05) is 19.8 Å². The number of hydrogen-bond donors (Lipinski definition) is 2. The van der Waals surface area contributed by atoms with Crippen molar-refractivity contribution in [1.29, 1.82) is 0 Å². The van der Waals surface area contributed by atoms with E-state index in [4.69, 9.17) is 5.73 Å². The highest BCUT2D eigenvalue weighted by Crippen LogP contribution is 2.38. The summed E-state index contributed by atoms with van der Waals surface area (Å²) in [6, 6.07) is 0.750. The molecule has 100 valence electrons. The van der Waals surface area contributed by atoms with Crippen LogP contribution in [0.15, 0.2) is 0 Å². The van der Waals surface area contributed by atoms with E-state index >= 15 is 0 Å². The van der Waals surface area contributed by atoms with Crippen LogP contribution in [0.5, 0.6) is 0 Å². The van der Waals surface area contributed by atoms with Gasteiger partial charge >= 0.3 is 0 Å².